The van der Waals surface area contributed by atoms with Crippen LogP contribution in [0.3, 0.4) is 0 Å². The second-order valence-corrected chi connectivity index (χ2v) is 7.76. The third-order valence-electron chi connectivity index (χ3n) is 3.86. The molecule has 1 fully saturated rings. The Morgan fingerprint density at radius 3 is 2.50 bits per heavy atom. The van der Waals surface area contributed by atoms with Crippen molar-refractivity contribution in [2.45, 2.75) is 33.2 Å². The highest BCUT2D eigenvalue weighted by molar-refractivity contribution is 7.91. The Labute approximate surface area is 119 Å². The lowest BCUT2D eigenvalue weighted by molar-refractivity contribution is -0.147. The first-order chi connectivity index (χ1) is 9.11. The number of nitrogens with zero attached hydrogens (tertiary/aromatic N) is 1. The van der Waals surface area contributed by atoms with E-state index in [2.05, 4.69) is 5.32 Å². The predicted octanol–water partition coefficient (Wildman–Crippen LogP) is 0.316. The van der Waals surface area contributed by atoms with Crippen LogP contribution in [0.2, 0.25) is 0 Å². The van der Waals surface area contributed by atoms with E-state index < -0.39 is 33.3 Å². The van der Waals surface area contributed by atoms with E-state index in [1.54, 1.807) is 20.8 Å². The van der Waals surface area contributed by atoms with E-state index in [0.717, 1.165) is 0 Å². The highest BCUT2D eigenvalue weighted by atomic mass is 32.2. The molecule has 1 heterocycles. The molecule has 0 aromatic rings. The largest absolute Gasteiger partial charge is 0.481 e. The Kier molecular flexibility index (Phi) is 5.01. The summed E-state index contributed by atoms with van der Waals surface area (Å²) in [5, 5.41) is 11.7. The Hall–Kier alpha value is -1.31. The van der Waals surface area contributed by atoms with Crippen molar-refractivity contribution in [3.63, 3.8) is 0 Å². The Morgan fingerprint density at radius 2 is 2.05 bits per heavy atom. The summed E-state index contributed by atoms with van der Waals surface area (Å²) in [6.45, 7) is 5.15. The number of carbonyl (C=O) groups excluding carboxylic acids is 1. The monoisotopic (exact) mass is 306 g/mol. The number of carboxylic acid groups (broad SMARTS) is 1. The third-order valence-corrected chi connectivity index (χ3v) is 5.65. The molecule has 2 unspecified atom stereocenters. The quantitative estimate of drug-likeness (QED) is 0.778. The van der Waals surface area contributed by atoms with Crippen LogP contribution in [0.4, 0.5) is 4.79 Å². The van der Waals surface area contributed by atoms with Gasteiger partial charge in [-0.15, -0.1) is 0 Å². The van der Waals surface area contributed by atoms with Crippen molar-refractivity contribution < 1.29 is 23.1 Å². The van der Waals surface area contributed by atoms with Gasteiger partial charge in [0.2, 0.25) is 0 Å². The minimum atomic E-state index is -3.08. The van der Waals surface area contributed by atoms with Crippen molar-refractivity contribution in [2.75, 3.05) is 24.6 Å². The number of nitrogens with one attached hydrogen (secondary N) is 1. The van der Waals surface area contributed by atoms with Gasteiger partial charge in [0.15, 0.2) is 9.84 Å². The van der Waals surface area contributed by atoms with E-state index in [-0.39, 0.29) is 24.6 Å². The lowest BCUT2D eigenvalue weighted by Crippen LogP contribution is -2.54. The molecule has 1 aliphatic heterocycles. The van der Waals surface area contributed by atoms with E-state index in [0.29, 0.717) is 6.42 Å². The zero-order chi connectivity index (χ0) is 15.6. The molecule has 0 aromatic heterocycles. The fourth-order valence-corrected chi connectivity index (χ4v) is 3.58. The minimum absolute atomic E-state index is 0.0215. The highest BCUT2D eigenvalue weighted by Gasteiger charge is 2.34. The minimum Gasteiger partial charge on any atom is -0.481 e. The maximum Gasteiger partial charge on any atom is 0.317 e. The second kappa shape index (κ2) is 5.99. The highest BCUT2D eigenvalue weighted by Crippen LogP contribution is 2.20. The average molecular weight is 306 g/mol. The molecule has 8 heteroatoms. The Morgan fingerprint density at radius 1 is 1.45 bits per heavy atom. The molecule has 116 valence electrons. The fourth-order valence-electron chi connectivity index (χ4n) is 2.02. The van der Waals surface area contributed by atoms with Crippen LogP contribution >= 0.6 is 0 Å². The molecule has 1 aliphatic rings. The van der Waals surface area contributed by atoms with Crippen molar-refractivity contribution in [2.24, 2.45) is 5.41 Å². The molecule has 0 bridgehead atoms. The molecular weight excluding hydrogens is 284 g/mol. The van der Waals surface area contributed by atoms with Gasteiger partial charge in [-0.05, 0) is 20.3 Å². The molecule has 7 nitrogen and oxygen atoms in total. The first kappa shape index (κ1) is 16.7. The molecule has 0 saturated carbocycles. The summed E-state index contributed by atoms with van der Waals surface area (Å²) in [4.78, 5) is 24.6. The van der Waals surface area contributed by atoms with Crippen LogP contribution in [0.1, 0.15) is 27.2 Å². The number of aliphatic carboxylic acids is 1. The molecule has 1 saturated heterocycles. The van der Waals surface area contributed by atoms with Gasteiger partial charge < -0.3 is 15.3 Å². The van der Waals surface area contributed by atoms with E-state index in [9.17, 15) is 18.0 Å². The average Bonchev–Trinajstić information content (AvgIpc) is 2.34. The summed E-state index contributed by atoms with van der Waals surface area (Å²) in [6.07, 6.45) is 0.395. The Bertz CT molecular complexity index is 490. The zero-order valence-corrected chi connectivity index (χ0v) is 12.9. The van der Waals surface area contributed by atoms with E-state index in [1.165, 1.54) is 4.90 Å². The maximum atomic E-state index is 12.0. The third kappa shape index (κ3) is 3.84. The zero-order valence-electron chi connectivity index (χ0n) is 12.0. The number of carbonyl (C=O) groups is 2. The molecular formula is C12H22N2O5S. The van der Waals surface area contributed by atoms with Gasteiger partial charge in [-0.2, -0.15) is 0 Å². The van der Waals surface area contributed by atoms with Gasteiger partial charge in [-0.1, -0.05) is 6.92 Å². The van der Waals surface area contributed by atoms with Crippen LogP contribution in [-0.2, 0) is 14.6 Å². The molecule has 2 amide bonds. The summed E-state index contributed by atoms with van der Waals surface area (Å²) >= 11 is 0. The van der Waals surface area contributed by atoms with Crippen molar-refractivity contribution in [1.29, 1.82) is 0 Å². The van der Waals surface area contributed by atoms with Gasteiger partial charge in [-0.25, -0.2) is 13.2 Å². The standard InChI is InChI=1S/C12H22N2O5S/c1-4-12(3,10(15)16)8-13-11(17)14-5-6-20(18,19)7-9(14)2/h9H,4-8H2,1-3H3,(H,13,17)(H,15,16). The summed E-state index contributed by atoms with van der Waals surface area (Å²) in [5.41, 5.74) is -1.01. The molecule has 20 heavy (non-hydrogen) atoms. The van der Waals surface area contributed by atoms with Gasteiger partial charge in [0.05, 0.1) is 16.9 Å². The molecule has 0 aromatic carbocycles. The Balaban J connectivity index is 2.62. The second-order valence-electron chi connectivity index (χ2n) is 5.53. The molecule has 2 N–H and O–H groups in total. The molecule has 0 spiro atoms. The van der Waals surface area contributed by atoms with E-state index in [4.69, 9.17) is 5.11 Å². The molecule has 1 rings (SSSR count). The molecule has 2 atom stereocenters. The number of amides is 2. The predicted molar refractivity (Wildman–Crippen MR) is 74.3 cm³/mol. The summed E-state index contributed by atoms with van der Waals surface area (Å²) in [7, 11) is -3.08. The van der Waals surface area contributed by atoms with Gasteiger partial charge >= 0.3 is 12.0 Å². The van der Waals surface area contributed by atoms with Crippen molar-refractivity contribution in [1.82, 2.24) is 10.2 Å². The SMILES string of the molecule is CCC(C)(CNC(=O)N1CCS(=O)(=O)CC1C)C(=O)O. The fraction of sp³-hybridized carbons (Fsp3) is 0.833. The lowest BCUT2D eigenvalue weighted by atomic mass is 9.88. The van der Waals surface area contributed by atoms with Crippen LogP contribution in [0.25, 0.3) is 0 Å². The topological polar surface area (TPSA) is 104 Å². The first-order valence-electron chi connectivity index (χ1n) is 6.59. The van der Waals surface area contributed by atoms with Gasteiger partial charge in [-0.3, -0.25) is 4.79 Å². The van der Waals surface area contributed by atoms with Crippen LogP contribution in [-0.4, -0.2) is 61.1 Å². The number of hydrogen-bond acceptors (Lipinski definition) is 4. The lowest BCUT2D eigenvalue weighted by Gasteiger charge is -2.34. The summed E-state index contributed by atoms with van der Waals surface area (Å²) < 4.78 is 22.9. The molecule has 0 aliphatic carbocycles. The number of rotatable bonds is 4. The number of hydrogen-bond donors (Lipinski definition) is 2. The smallest absolute Gasteiger partial charge is 0.317 e. The summed E-state index contributed by atoms with van der Waals surface area (Å²) in [5.74, 6) is -1.06. The van der Waals surface area contributed by atoms with Crippen LogP contribution in [0.15, 0.2) is 0 Å². The molecule has 0 radical (unpaired) electrons. The normalized spacial score (nSPS) is 24.8. The van der Waals surface area contributed by atoms with Crippen molar-refractivity contribution >= 4 is 21.8 Å². The number of carboxylic acids is 1. The van der Waals surface area contributed by atoms with Gasteiger partial charge in [0.25, 0.3) is 0 Å². The van der Waals surface area contributed by atoms with E-state index in [1.807, 2.05) is 0 Å². The van der Waals surface area contributed by atoms with Crippen molar-refractivity contribution in [3.05, 3.63) is 0 Å². The maximum absolute atomic E-state index is 12.0. The number of sulfone groups is 1. The first-order valence-corrected chi connectivity index (χ1v) is 8.42. The van der Waals surface area contributed by atoms with Gasteiger partial charge in [0.1, 0.15) is 0 Å². The van der Waals surface area contributed by atoms with Crippen molar-refractivity contribution in [3.8, 4) is 0 Å². The summed E-state index contributed by atoms with van der Waals surface area (Å²) in [6, 6.07) is -0.806. The van der Waals surface area contributed by atoms with Crippen LogP contribution in [0.5, 0.6) is 0 Å². The number of urea groups is 1. The van der Waals surface area contributed by atoms with Crippen LogP contribution in [0, 0.1) is 5.41 Å². The van der Waals surface area contributed by atoms with Gasteiger partial charge in [0, 0.05) is 19.1 Å². The van der Waals surface area contributed by atoms with E-state index >= 15 is 0 Å². The van der Waals surface area contributed by atoms with Crippen LogP contribution < -0.4 is 5.32 Å².